The molecule has 2 aliphatic heterocycles. The van der Waals surface area contributed by atoms with E-state index in [2.05, 4.69) is 32.0 Å². The third kappa shape index (κ3) is 2.51. The lowest BCUT2D eigenvalue weighted by Gasteiger charge is -2.33. The number of fused-ring (bicyclic) bond motifs is 3. The van der Waals surface area contributed by atoms with E-state index in [1.165, 1.54) is 13.7 Å². The van der Waals surface area contributed by atoms with Crippen molar-refractivity contribution in [3.05, 3.63) is 74.6 Å². The molecule has 0 radical (unpaired) electrons. The zero-order valence-electron chi connectivity index (χ0n) is 18.9. The Morgan fingerprint density at radius 2 is 1.74 bits per heavy atom. The summed E-state index contributed by atoms with van der Waals surface area (Å²) < 4.78 is 36.4. The van der Waals surface area contributed by atoms with E-state index < -0.39 is 6.97 Å². The predicted octanol–water partition coefficient (Wildman–Crippen LogP) is 7.09. The van der Waals surface area contributed by atoms with Crippen LogP contribution < -0.4 is 0 Å². The van der Waals surface area contributed by atoms with Gasteiger partial charge in [-0.3, -0.25) is 0 Å². The number of aromatic nitrogens is 1. The quantitative estimate of drug-likeness (QED) is 0.387. The van der Waals surface area contributed by atoms with E-state index in [0.717, 1.165) is 51.0 Å². The Hall–Kier alpha value is -2.47. The molecule has 0 saturated heterocycles. The van der Waals surface area contributed by atoms with Crippen LogP contribution in [-0.2, 0) is 6.42 Å². The molecule has 1 aromatic carbocycles. The fourth-order valence-electron chi connectivity index (χ4n) is 5.82. The van der Waals surface area contributed by atoms with Gasteiger partial charge >= 0.3 is 6.97 Å². The van der Waals surface area contributed by atoms with Crippen molar-refractivity contribution >= 4 is 39.7 Å². The van der Waals surface area contributed by atoms with Crippen molar-refractivity contribution in [3.8, 4) is 0 Å². The van der Waals surface area contributed by atoms with Crippen LogP contribution in [-0.4, -0.2) is 21.6 Å². The number of thiophene rings is 1. The second-order valence-electron chi connectivity index (χ2n) is 8.63. The third-order valence-corrected chi connectivity index (χ3v) is 8.30. The van der Waals surface area contributed by atoms with Gasteiger partial charge in [-0.1, -0.05) is 32.0 Å². The first-order valence-corrected chi connectivity index (χ1v) is 11.8. The van der Waals surface area contributed by atoms with Crippen molar-refractivity contribution in [1.29, 1.82) is 0 Å². The van der Waals surface area contributed by atoms with E-state index >= 15 is 8.63 Å². The molecule has 2 nitrogen and oxygen atoms in total. The molecule has 0 amide bonds. The van der Waals surface area contributed by atoms with Gasteiger partial charge in [-0.15, -0.1) is 11.3 Å². The number of halogens is 2. The van der Waals surface area contributed by atoms with Gasteiger partial charge in [-0.25, -0.2) is 0 Å². The Balaban J connectivity index is 1.98. The number of hydrogen-bond donors (Lipinski definition) is 0. The molecule has 3 aromatic rings. The molecule has 6 heteroatoms. The molecule has 160 valence electrons. The summed E-state index contributed by atoms with van der Waals surface area (Å²) in [4.78, 5) is 1.06. The van der Waals surface area contributed by atoms with Crippen LogP contribution in [0.25, 0.3) is 15.7 Å². The SMILES string of the molecule is CCC1=C(C)C2=C(c3cc4ccccc4s3)c3c(C)c(CC)c(C)n3[B-](F)(F)[N+]2=C1C. The summed E-state index contributed by atoms with van der Waals surface area (Å²) in [5.41, 5.74) is 7.76. The molecule has 0 N–H and O–H groups in total. The molecular formula is C25H27BF2N2S. The van der Waals surface area contributed by atoms with E-state index in [1.807, 2.05) is 39.8 Å². The van der Waals surface area contributed by atoms with Crippen LogP contribution in [0.1, 0.15) is 61.5 Å². The zero-order chi connectivity index (χ0) is 22.2. The van der Waals surface area contributed by atoms with Gasteiger partial charge < -0.3 is 17.6 Å². The molecule has 0 saturated carbocycles. The van der Waals surface area contributed by atoms with Crippen molar-refractivity contribution in [2.24, 2.45) is 0 Å². The number of rotatable bonds is 3. The highest BCUT2D eigenvalue weighted by Crippen LogP contribution is 2.48. The van der Waals surface area contributed by atoms with Crippen molar-refractivity contribution in [2.45, 2.75) is 54.4 Å². The molecule has 31 heavy (non-hydrogen) atoms. The van der Waals surface area contributed by atoms with Gasteiger partial charge in [0.05, 0.1) is 5.57 Å². The summed E-state index contributed by atoms with van der Waals surface area (Å²) >= 11 is 1.69. The number of hydrogen-bond acceptors (Lipinski definition) is 1. The molecule has 0 unspecified atom stereocenters. The maximum atomic E-state index is 16.2. The smallest absolute Gasteiger partial charge is 0.393 e. The highest BCUT2D eigenvalue weighted by molar-refractivity contribution is 7.20. The first-order chi connectivity index (χ1) is 14.7. The first kappa shape index (κ1) is 20.4. The maximum absolute atomic E-state index is 16.2. The summed E-state index contributed by atoms with van der Waals surface area (Å²) in [6.07, 6.45) is 1.49. The lowest BCUT2D eigenvalue weighted by Crippen LogP contribution is -2.51. The number of allylic oxidation sites excluding steroid dienone is 2. The molecule has 2 aromatic heterocycles. The van der Waals surface area contributed by atoms with Crippen LogP contribution in [0.5, 0.6) is 0 Å². The van der Waals surface area contributed by atoms with Gasteiger partial charge in [-0.05, 0) is 68.0 Å². The normalized spacial score (nSPS) is 17.8. The molecule has 0 bridgehead atoms. The second kappa shape index (κ2) is 6.76. The van der Waals surface area contributed by atoms with Gasteiger partial charge in [0.1, 0.15) is 5.71 Å². The molecule has 2 aliphatic rings. The van der Waals surface area contributed by atoms with Crippen LogP contribution in [0.2, 0.25) is 0 Å². The van der Waals surface area contributed by atoms with E-state index in [0.29, 0.717) is 22.8 Å². The predicted molar refractivity (Wildman–Crippen MR) is 128 cm³/mol. The molecule has 5 rings (SSSR count). The van der Waals surface area contributed by atoms with Gasteiger partial charge in [0.2, 0.25) is 0 Å². The van der Waals surface area contributed by atoms with Gasteiger partial charge in [0, 0.05) is 33.3 Å². The Bertz CT molecular complexity index is 1330. The Labute approximate surface area is 186 Å². The standard InChI is InChI=1S/C25H27BF2N2S/c1-7-19-14(3)24-23(22-13-18-11-9-10-12-21(18)31-22)25-15(4)20(8-2)17(6)30(25)26(27,28)29(24)16(19)5/h9-13H,7-8H2,1-6H3. The molecule has 0 fully saturated rings. The monoisotopic (exact) mass is 436 g/mol. The fraction of sp³-hybridized carbons (Fsp3) is 0.320. The summed E-state index contributed by atoms with van der Waals surface area (Å²) in [5.74, 6) is 0. The third-order valence-electron chi connectivity index (χ3n) is 7.17. The average molecular weight is 436 g/mol. The molecule has 0 spiro atoms. The minimum absolute atomic E-state index is 0.688. The number of nitrogens with zero attached hydrogens (tertiary/aromatic N) is 2. The maximum Gasteiger partial charge on any atom is 0.737 e. The second-order valence-corrected chi connectivity index (χ2v) is 9.72. The van der Waals surface area contributed by atoms with E-state index in [4.69, 9.17) is 0 Å². The van der Waals surface area contributed by atoms with Gasteiger partial charge in [0.25, 0.3) is 0 Å². The van der Waals surface area contributed by atoms with Crippen molar-refractivity contribution in [2.75, 3.05) is 0 Å². The van der Waals surface area contributed by atoms with E-state index in [9.17, 15) is 0 Å². The van der Waals surface area contributed by atoms with Crippen molar-refractivity contribution in [1.82, 2.24) is 4.48 Å². The molecule has 4 heterocycles. The lowest BCUT2D eigenvalue weighted by molar-refractivity contribution is -0.363. The van der Waals surface area contributed by atoms with Crippen LogP contribution in [0, 0.1) is 13.8 Å². The van der Waals surface area contributed by atoms with E-state index in [1.54, 1.807) is 11.3 Å². The highest BCUT2D eigenvalue weighted by atomic mass is 32.1. The Morgan fingerprint density at radius 3 is 2.39 bits per heavy atom. The molecule has 0 atom stereocenters. The first-order valence-electron chi connectivity index (χ1n) is 11.0. The van der Waals surface area contributed by atoms with Gasteiger partial charge in [0.15, 0.2) is 5.70 Å². The number of benzene rings is 1. The Kier molecular flexibility index (Phi) is 4.46. The minimum atomic E-state index is -3.97. The minimum Gasteiger partial charge on any atom is -0.393 e. The van der Waals surface area contributed by atoms with Crippen LogP contribution >= 0.6 is 11.3 Å². The lowest BCUT2D eigenvalue weighted by atomic mass is 9.85. The summed E-state index contributed by atoms with van der Waals surface area (Å²) in [7, 11) is 0. The van der Waals surface area contributed by atoms with Crippen molar-refractivity contribution in [3.63, 3.8) is 0 Å². The fourth-order valence-corrected chi connectivity index (χ4v) is 6.93. The highest BCUT2D eigenvalue weighted by Gasteiger charge is 2.56. The summed E-state index contributed by atoms with van der Waals surface area (Å²) in [6.45, 7) is 7.87. The summed E-state index contributed by atoms with van der Waals surface area (Å²) in [6, 6.07) is 10.4. The zero-order valence-corrected chi connectivity index (χ0v) is 19.8. The largest absolute Gasteiger partial charge is 0.737 e. The molecular weight excluding hydrogens is 409 g/mol. The van der Waals surface area contributed by atoms with Crippen LogP contribution in [0.15, 0.2) is 47.2 Å². The van der Waals surface area contributed by atoms with Crippen LogP contribution in [0.4, 0.5) is 8.63 Å². The van der Waals surface area contributed by atoms with Crippen molar-refractivity contribution < 1.29 is 13.1 Å². The van der Waals surface area contributed by atoms with Crippen LogP contribution in [0.3, 0.4) is 0 Å². The average Bonchev–Trinajstić information content (AvgIpc) is 3.34. The van der Waals surface area contributed by atoms with E-state index in [-0.39, 0.29) is 0 Å². The summed E-state index contributed by atoms with van der Waals surface area (Å²) in [5, 5.41) is 1.16. The molecule has 0 aliphatic carbocycles. The van der Waals surface area contributed by atoms with Gasteiger partial charge in [-0.2, -0.15) is 0 Å². The topological polar surface area (TPSA) is 7.94 Å². The Morgan fingerprint density at radius 1 is 1.03 bits per heavy atom.